The molecule has 2 fully saturated rings. The normalized spacial score (nSPS) is 17.6. The van der Waals surface area contributed by atoms with Gasteiger partial charge >= 0.3 is 0 Å². The van der Waals surface area contributed by atoms with Crippen LogP contribution in [0.15, 0.2) is 59.6 Å². The van der Waals surface area contributed by atoms with Crippen LogP contribution in [-0.4, -0.2) is 71.6 Å². The lowest BCUT2D eigenvalue weighted by molar-refractivity contribution is 0.0745. The van der Waals surface area contributed by atoms with Gasteiger partial charge in [-0.3, -0.25) is 4.79 Å². The second-order valence-corrected chi connectivity index (χ2v) is 13.1. The van der Waals surface area contributed by atoms with Crippen molar-refractivity contribution in [2.24, 2.45) is 0 Å². The number of nitriles is 1. The Morgan fingerprint density at radius 1 is 1.00 bits per heavy atom. The van der Waals surface area contributed by atoms with E-state index in [1.54, 1.807) is 18.3 Å². The molecule has 0 radical (unpaired) electrons. The summed E-state index contributed by atoms with van der Waals surface area (Å²) in [5, 5.41) is 13.2. The van der Waals surface area contributed by atoms with Crippen molar-refractivity contribution in [2.75, 3.05) is 60.6 Å². The van der Waals surface area contributed by atoms with Crippen molar-refractivity contribution in [3.05, 3.63) is 77.0 Å². The summed E-state index contributed by atoms with van der Waals surface area (Å²) in [4.78, 5) is 24.7. The van der Waals surface area contributed by atoms with Crippen molar-refractivity contribution in [1.29, 1.82) is 10.0 Å². The van der Waals surface area contributed by atoms with Crippen LogP contribution < -0.4 is 15.1 Å². The zero-order chi connectivity index (χ0) is 29.1. The van der Waals surface area contributed by atoms with Gasteiger partial charge in [-0.05, 0) is 68.1 Å². The number of anilines is 3. The molecule has 1 aromatic heterocycles. The van der Waals surface area contributed by atoms with Gasteiger partial charge in [-0.25, -0.2) is 14.0 Å². The van der Waals surface area contributed by atoms with Crippen LogP contribution in [0, 0.1) is 30.0 Å². The maximum atomic E-state index is 13.7. The Labute approximate surface area is 242 Å². The van der Waals surface area contributed by atoms with Crippen molar-refractivity contribution in [2.45, 2.75) is 37.6 Å². The van der Waals surface area contributed by atoms with Gasteiger partial charge in [0.2, 0.25) is 0 Å². The third-order valence-electron chi connectivity index (χ3n) is 8.06. The fraction of sp³-hybridized carbons (Fsp3) is 0.387. The number of nitrogens with one attached hydrogen (secondary N) is 2. The number of amides is 1. The second kappa shape index (κ2) is 11.8. The van der Waals surface area contributed by atoms with E-state index in [-0.39, 0.29) is 11.9 Å². The Balaban J connectivity index is 1.24. The van der Waals surface area contributed by atoms with Gasteiger partial charge in [-0.1, -0.05) is 18.2 Å². The Morgan fingerprint density at radius 2 is 1.71 bits per heavy atom. The Kier molecular flexibility index (Phi) is 8.18. The fourth-order valence-corrected chi connectivity index (χ4v) is 6.65. The minimum absolute atomic E-state index is 0.00848. The number of aromatic nitrogens is 1. The molecule has 2 aromatic carbocycles. The molecule has 10 heteroatoms. The van der Waals surface area contributed by atoms with Gasteiger partial charge in [-0.15, -0.1) is 0 Å². The Hall–Kier alpha value is -4.10. The van der Waals surface area contributed by atoms with E-state index in [0.717, 1.165) is 48.4 Å². The maximum absolute atomic E-state index is 13.7. The molecule has 2 aliphatic heterocycles. The fourth-order valence-electron chi connectivity index (χ4n) is 5.78. The minimum atomic E-state index is -2.91. The highest BCUT2D eigenvalue weighted by Gasteiger charge is 2.27. The van der Waals surface area contributed by atoms with Crippen LogP contribution >= 0.6 is 0 Å². The van der Waals surface area contributed by atoms with E-state index in [0.29, 0.717) is 48.0 Å². The van der Waals surface area contributed by atoms with E-state index in [1.165, 1.54) is 6.26 Å². The van der Waals surface area contributed by atoms with Crippen LogP contribution in [0.25, 0.3) is 0 Å². The van der Waals surface area contributed by atoms with Gasteiger partial charge in [0.15, 0.2) is 0 Å². The topological polar surface area (TPSA) is 116 Å². The monoisotopic (exact) mass is 571 g/mol. The summed E-state index contributed by atoms with van der Waals surface area (Å²) in [6.07, 6.45) is 4.95. The summed E-state index contributed by atoms with van der Waals surface area (Å²) >= 11 is 0. The highest BCUT2D eigenvalue weighted by Crippen LogP contribution is 2.29. The van der Waals surface area contributed by atoms with Crippen LogP contribution in [0.4, 0.5) is 17.2 Å². The van der Waals surface area contributed by atoms with Crippen LogP contribution in [-0.2, 0) is 9.73 Å². The first-order chi connectivity index (χ1) is 19.7. The maximum Gasteiger partial charge on any atom is 0.254 e. The number of hydrogen-bond donors (Lipinski definition) is 2. The van der Waals surface area contributed by atoms with Crippen LogP contribution in [0.3, 0.4) is 0 Å². The number of carbonyl (C=O) groups is 1. The quantitative estimate of drug-likeness (QED) is 0.442. The number of aryl methyl sites for hydroxylation is 2. The van der Waals surface area contributed by atoms with Crippen molar-refractivity contribution in [1.82, 2.24) is 9.88 Å². The predicted octanol–water partition coefficient (Wildman–Crippen LogP) is 4.65. The standard InChI is InChI=1S/C31H37N7O2S/c1-22-19-23(2)27(35-25-10-13-36(14-11-25)28-8-5-4-7-24(28)21-32)20-26(22)31(39)38-17-15-37(16-18-38)30-29(41(3,33)40)9-6-12-34-30/h4-9,12,19-20,25,33,35H,10-11,13-18H2,1-3H3. The molecule has 0 aliphatic carbocycles. The minimum Gasteiger partial charge on any atom is -0.382 e. The van der Waals surface area contributed by atoms with Crippen LogP contribution in [0.1, 0.15) is 39.9 Å². The van der Waals surface area contributed by atoms with Crippen LogP contribution in [0.5, 0.6) is 0 Å². The molecule has 214 valence electrons. The molecule has 0 bridgehead atoms. The van der Waals surface area contributed by atoms with E-state index < -0.39 is 9.73 Å². The molecule has 2 aliphatic rings. The summed E-state index contributed by atoms with van der Waals surface area (Å²) in [6.45, 7) is 7.96. The number of piperazine rings is 1. The number of para-hydroxylation sites is 1. The van der Waals surface area contributed by atoms with Crippen molar-refractivity contribution < 1.29 is 9.00 Å². The summed E-state index contributed by atoms with van der Waals surface area (Å²) in [5.74, 6) is 0.580. The molecule has 41 heavy (non-hydrogen) atoms. The van der Waals surface area contributed by atoms with Crippen molar-refractivity contribution in [3.8, 4) is 6.07 Å². The molecular weight excluding hydrogens is 534 g/mol. The molecule has 0 spiro atoms. The number of nitrogens with zero attached hydrogens (tertiary/aromatic N) is 5. The second-order valence-electron chi connectivity index (χ2n) is 11.0. The zero-order valence-electron chi connectivity index (χ0n) is 23.9. The number of carbonyl (C=O) groups excluding carboxylic acids is 1. The van der Waals surface area contributed by atoms with E-state index in [2.05, 4.69) is 34.3 Å². The first-order valence-electron chi connectivity index (χ1n) is 14.0. The lowest BCUT2D eigenvalue weighted by Gasteiger charge is -2.36. The zero-order valence-corrected chi connectivity index (χ0v) is 24.7. The van der Waals surface area contributed by atoms with Gasteiger partial charge in [0, 0.05) is 69.0 Å². The first-order valence-corrected chi connectivity index (χ1v) is 16.0. The van der Waals surface area contributed by atoms with Gasteiger partial charge in [0.1, 0.15) is 11.9 Å². The lowest BCUT2D eigenvalue weighted by Crippen LogP contribution is -2.49. The molecule has 2 saturated heterocycles. The van der Waals surface area contributed by atoms with E-state index >= 15 is 0 Å². The molecule has 1 amide bonds. The number of piperidine rings is 1. The highest BCUT2D eigenvalue weighted by atomic mass is 32.2. The van der Waals surface area contributed by atoms with E-state index in [9.17, 15) is 14.3 Å². The smallest absolute Gasteiger partial charge is 0.254 e. The molecule has 2 N–H and O–H groups in total. The largest absolute Gasteiger partial charge is 0.382 e. The molecule has 5 rings (SSSR count). The molecular formula is C31H37N7O2S. The average molecular weight is 572 g/mol. The summed E-state index contributed by atoms with van der Waals surface area (Å²) in [5.41, 5.74) is 5.46. The third kappa shape index (κ3) is 6.15. The molecule has 1 unspecified atom stereocenters. The van der Waals surface area contributed by atoms with E-state index in [1.807, 2.05) is 47.1 Å². The average Bonchev–Trinajstić information content (AvgIpc) is 2.98. The molecule has 9 nitrogen and oxygen atoms in total. The van der Waals surface area contributed by atoms with Gasteiger partial charge in [0.05, 0.1) is 25.9 Å². The summed E-state index contributed by atoms with van der Waals surface area (Å²) < 4.78 is 20.5. The number of rotatable bonds is 6. The number of benzene rings is 2. The third-order valence-corrected chi connectivity index (χ3v) is 9.22. The Morgan fingerprint density at radius 3 is 2.39 bits per heavy atom. The Bertz CT molecular complexity index is 1580. The van der Waals surface area contributed by atoms with Crippen molar-refractivity contribution >= 4 is 32.8 Å². The molecule has 1 atom stereocenters. The molecule has 3 aromatic rings. The summed E-state index contributed by atoms with van der Waals surface area (Å²) in [7, 11) is -2.91. The van der Waals surface area contributed by atoms with Gasteiger partial charge in [0.25, 0.3) is 5.91 Å². The van der Waals surface area contributed by atoms with Gasteiger partial charge < -0.3 is 20.0 Å². The van der Waals surface area contributed by atoms with Crippen LogP contribution in [0.2, 0.25) is 0 Å². The number of pyridine rings is 1. The molecule has 3 heterocycles. The summed E-state index contributed by atoms with van der Waals surface area (Å²) in [6, 6.07) is 17.8. The van der Waals surface area contributed by atoms with Gasteiger partial charge in [-0.2, -0.15) is 5.26 Å². The SMILES string of the molecule is Cc1cc(C)c(C(=O)N2CCN(c3ncccc3S(C)(=N)=O)CC2)cc1NC1CCN(c2ccccc2C#N)CC1. The highest BCUT2D eigenvalue weighted by molar-refractivity contribution is 7.91. The van der Waals surface area contributed by atoms with E-state index in [4.69, 9.17) is 4.78 Å². The van der Waals surface area contributed by atoms with Crippen molar-refractivity contribution in [3.63, 3.8) is 0 Å². The predicted molar refractivity (Wildman–Crippen MR) is 163 cm³/mol. The lowest BCUT2D eigenvalue weighted by atomic mass is 9.99. The first kappa shape index (κ1) is 28.4. The number of hydrogen-bond acceptors (Lipinski definition) is 8. The molecule has 0 saturated carbocycles.